The van der Waals surface area contributed by atoms with E-state index < -0.39 is 31.6 Å². The van der Waals surface area contributed by atoms with Gasteiger partial charge in [-0.15, -0.1) is 0 Å². The van der Waals surface area contributed by atoms with Crippen molar-refractivity contribution in [2.45, 2.75) is 25.9 Å². The fraction of sp³-hybridized carbons (Fsp3) is 0.385. The largest absolute Gasteiger partial charge is 1.00 e. The van der Waals surface area contributed by atoms with Gasteiger partial charge in [0, 0.05) is 0 Å². The van der Waals surface area contributed by atoms with E-state index in [4.69, 9.17) is 4.43 Å². The minimum Gasteiger partial charge on any atom is -1.00 e. The van der Waals surface area contributed by atoms with Crippen molar-refractivity contribution in [3.05, 3.63) is 42.1 Å². The van der Waals surface area contributed by atoms with Crippen molar-refractivity contribution >= 4 is 8.32 Å². The second-order valence-corrected chi connectivity index (χ2v) is 12.3. The number of allylic oxidation sites excluding steroid dienone is 8. The normalized spacial score (nSPS) is 17.2. The molecule has 18 heavy (non-hydrogen) atoms. The molecule has 1 nitrogen and oxygen atoms in total. The Morgan fingerprint density at radius 1 is 1.17 bits per heavy atom. The summed E-state index contributed by atoms with van der Waals surface area (Å²) in [5.41, 5.74) is 0. The molecule has 0 unspecified atom stereocenters. The molecule has 0 heterocycles. The first kappa shape index (κ1) is 18.6. The zero-order chi connectivity index (χ0) is 11.6. The molecule has 0 N–H and O–H groups in total. The zero-order valence-electron chi connectivity index (χ0n) is 11.0. The molecule has 2 rings (SSSR count). The van der Waals surface area contributed by atoms with Crippen molar-refractivity contribution in [3.63, 3.8) is 0 Å². The second-order valence-electron chi connectivity index (χ2n) is 4.66. The van der Waals surface area contributed by atoms with Gasteiger partial charge in [0.1, 0.15) is 0 Å². The number of hydrogen-bond acceptors (Lipinski definition) is 1. The summed E-state index contributed by atoms with van der Waals surface area (Å²) in [6.45, 7) is 4.61. The van der Waals surface area contributed by atoms with Crippen LogP contribution in [0.2, 0.25) is 13.1 Å². The van der Waals surface area contributed by atoms with Gasteiger partial charge in [-0.1, -0.05) is 0 Å². The van der Waals surface area contributed by atoms with Crippen LogP contribution >= 0.6 is 0 Å². The van der Waals surface area contributed by atoms with E-state index in [0.29, 0.717) is 0 Å². The Kier molecular flexibility index (Phi) is 8.28. The molecule has 98 valence electrons. The Hall–Kier alpha value is 0.600. The van der Waals surface area contributed by atoms with E-state index in [0.717, 1.165) is 0 Å². The average Bonchev–Trinajstić information content (AvgIpc) is 2.89. The molecule has 2 aliphatic carbocycles. The molecular weight excluding hydrogens is 362 g/mol. The van der Waals surface area contributed by atoms with Crippen molar-refractivity contribution in [2.24, 2.45) is 0 Å². The van der Waals surface area contributed by atoms with Gasteiger partial charge in [0.15, 0.2) is 0 Å². The summed E-state index contributed by atoms with van der Waals surface area (Å²) in [6.07, 6.45) is 13.9. The summed E-state index contributed by atoms with van der Waals surface area (Å²) in [5.74, 6) is 0. The molecule has 0 spiro atoms. The standard InChI is InChI=1S/C8H13OSi.C5H5.2ClH.Zr/c1-9-10(2,3)8-6-4-5-7-8;1-2-4-5-3-1;;;/h4,6H,5H2,1-3H3;1-3H,4H2;2*1H;/q;;;;+2/p-2. The summed E-state index contributed by atoms with van der Waals surface area (Å²) in [4.78, 5) is 0. The van der Waals surface area contributed by atoms with E-state index in [9.17, 15) is 0 Å². The number of hydrogen-bond donors (Lipinski definition) is 0. The smallest absolute Gasteiger partial charge is 1.00 e. The molecule has 0 amide bonds. The summed E-state index contributed by atoms with van der Waals surface area (Å²) < 4.78 is 9.19. The van der Waals surface area contributed by atoms with E-state index >= 15 is 0 Å². The van der Waals surface area contributed by atoms with Crippen molar-refractivity contribution in [1.29, 1.82) is 0 Å². The molecule has 0 aromatic rings. The summed E-state index contributed by atoms with van der Waals surface area (Å²) in [7, 11) is 0.274. The van der Waals surface area contributed by atoms with Crippen molar-refractivity contribution < 1.29 is 52.5 Å². The van der Waals surface area contributed by atoms with Gasteiger partial charge in [0.2, 0.25) is 0 Å². The van der Waals surface area contributed by atoms with Crippen molar-refractivity contribution in [1.82, 2.24) is 0 Å². The monoisotopic (exact) mass is 378 g/mol. The van der Waals surface area contributed by atoms with Crippen LogP contribution in [0.15, 0.2) is 42.1 Å². The topological polar surface area (TPSA) is 9.23 Å². The molecule has 0 aromatic heterocycles. The molecule has 2 aliphatic rings. The predicted molar refractivity (Wildman–Crippen MR) is 67.1 cm³/mol. The summed E-state index contributed by atoms with van der Waals surface area (Å²) in [6, 6.07) is 0. The Bertz CT molecular complexity index is 411. The van der Waals surface area contributed by atoms with E-state index in [-0.39, 0.29) is 24.8 Å². The molecule has 0 fully saturated rings. The van der Waals surface area contributed by atoms with Gasteiger partial charge in [-0.2, -0.15) is 0 Å². The van der Waals surface area contributed by atoms with Crippen molar-refractivity contribution in [3.8, 4) is 0 Å². The van der Waals surface area contributed by atoms with Crippen LogP contribution < -0.4 is 24.8 Å². The third kappa shape index (κ3) is 4.31. The van der Waals surface area contributed by atoms with E-state index in [1.165, 1.54) is 12.8 Å². The Morgan fingerprint density at radius 3 is 2.44 bits per heavy atom. The fourth-order valence-corrected chi connectivity index (χ4v) is 9.20. The van der Waals surface area contributed by atoms with Crippen LogP contribution in [0.4, 0.5) is 0 Å². The van der Waals surface area contributed by atoms with Gasteiger partial charge >= 0.3 is 111 Å². The maximum atomic E-state index is 5.74. The molecule has 0 saturated heterocycles. The van der Waals surface area contributed by atoms with Gasteiger partial charge < -0.3 is 24.8 Å². The average molecular weight is 381 g/mol. The minimum atomic E-state index is -1.59. The minimum absolute atomic E-state index is 0. The molecule has 0 bridgehead atoms. The first-order valence-electron chi connectivity index (χ1n) is 5.71. The Balaban J connectivity index is 0.00000144. The summed E-state index contributed by atoms with van der Waals surface area (Å²) >= 11 is -0.501. The third-order valence-electron chi connectivity index (χ3n) is 3.17. The summed E-state index contributed by atoms with van der Waals surface area (Å²) in [5, 5.41) is 1.58. The van der Waals surface area contributed by atoms with Crippen molar-refractivity contribution in [2.75, 3.05) is 7.11 Å². The molecule has 0 aliphatic heterocycles. The Labute approximate surface area is 135 Å². The van der Waals surface area contributed by atoms with Gasteiger partial charge in [0.25, 0.3) is 0 Å². The molecular formula is C13H18Cl2OSiZr. The van der Waals surface area contributed by atoms with Crippen LogP contribution in [0.1, 0.15) is 12.8 Å². The molecule has 0 atom stereocenters. The zero-order valence-corrected chi connectivity index (χ0v) is 15.9. The maximum absolute atomic E-state index is 5.74. The molecule has 0 saturated carbocycles. The van der Waals surface area contributed by atoms with E-state index in [1.54, 1.807) is 11.8 Å². The van der Waals surface area contributed by atoms with Gasteiger partial charge in [-0.05, 0) is 0 Å². The van der Waals surface area contributed by atoms with Crippen LogP contribution in [0.3, 0.4) is 0 Å². The quantitative estimate of drug-likeness (QED) is 0.491. The fourth-order valence-electron chi connectivity index (χ4n) is 2.03. The van der Waals surface area contributed by atoms with Crippen LogP contribution in [0.5, 0.6) is 0 Å². The Morgan fingerprint density at radius 2 is 1.89 bits per heavy atom. The number of halogens is 2. The first-order valence-corrected chi connectivity index (χ1v) is 11.1. The van der Waals surface area contributed by atoms with Crippen LogP contribution in [0.25, 0.3) is 0 Å². The van der Waals surface area contributed by atoms with Crippen LogP contribution in [-0.2, 0) is 27.7 Å². The van der Waals surface area contributed by atoms with Gasteiger partial charge in [-0.25, -0.2) is 0 Å². The first-order chi connectivity index (χ1) is 7.63. The SMILES string of the molecule is CO[Si](C)(C)C1=[C]([Zr+2][C]2=CC=CC2)CC=C1.[Cl-].[Cl-]. The van der Waals surface area contributed by atoms with Gasteiger partial charge in [0.05, 0.1) is 0 Å². The van der Waals surface area contributed by atoms with Gasteiger partial charge in [-0.3, -0.25) is 0 Å². The van der Waals surface area contributed by atoms with Crippen LogP contribution in [0, 0.1) is 0 Å². The third-order valence-corrected chi connectivity index (χ3v) is 10.2. The molecule has 0 radical (unpaired) electrons. The predicted octanol–water partition coefficient (Wildman–Crippen LogP) is -2.47. The van der Waals surface area contributed by atoms with E-state index in [1.807, 2.05) is 7.11 Å². The molecule has 0 aromatic carbocycles. The van der Waals surface area contributed by atoms with E-state index in [2.05, 4.69) is 43.5 Å². The van der Waals surface area contributed by atoms with Crippen LogP contribution in [-0.4, -0.2) is 15.4 Å². The second kappa shape index (κ2) is 8.01. The maximum Gasteiger partial charge on any atom is -1.00 e. The number of rotatable bonds is 4. The molecule has 5 heteroatoms.